The van der Waals surface area contributed by atoms with Gasteiger partial charge in [-0.15, -0.1) is 0 Å². The van der Waals surface area contributed by atoms with E-state index in [0.717, 1.165) is 5.56 Å². The fourth-order valence-corrected chi connectivity index (χ4v) is 2.22. The predicted octanol–water partition coefficient (Wildman–Crippen LogP) is 2.41. The zero-order valence-electron chi connectivity index (χ0n) is 13.9. The fraction of sp³-hybridized carbons (Fsp3) is 0.222. The van der Waals surface area contributed by atoms with Gasteiger partial charge in [-0.05, 0) is 17.7 Å². The third kappa shape index (κ3) is 4.25. The number of nitrogens with one attached hydrogen (secondary N) is 1. The summed E-state index contributed by atoms with van der Waals surface area (Å²) in [5.41, 5.74) is 4.09. The van der Waals surface area contributed by atoms with E-state index in [4.69, 9.17) is 14.2 Å². The monoisotopic (exact) mass is 328 g/mol. The summed E-state index contributed by atoms with van der Waals surface area (Å²) in [6, 6.07) is 13.0. The third-order valence-electron chi connectivity index (χ3n) is 3.34. The Bertz CT molecular complexity index is 714. The van der Waals surface area contributed by atoms with E-state index >= 15 is 0 Å². The molecule has 0 fully saturated rings. The van der Waals surface area contributed by atoms with Crippen molar-refractivity contribution < 1.29 is 19.0 Å². The molecule has 1 amide bonds. The quantitative estimate of drug-likeness (QED) is 0.626. The molecule has 126 valence electrons. The topological polar surface area (TPSA) is 69.2 Å². The lowest BCUT2D eigenvalue weighted by molar-refractivity contribution is -0.120. The van der Waals surface area contributed by atoms with Gasteiger partial charge in [0.1, 0.15) is 0 Å². The summed E-state index contributed by atoms with van der Waals surface area (Å²) in [5.74, 6) is 1.31. The molecule has 0 unspecified atom stereocenters. The highest BCUT2D eigenvalue weighted by Gasteiger charge is 2.14. The minimum atomic E-state index is -0.197. The molecular formula is C18H20N2O4. The minimum Gasteiger partial charge on any atom is -0.493 e. The third-order valence-corrected chi connectivity index (χ3v) is 3.34. The molecule has 0 bridgehead atoms. The first-order valence-electron chi connectivity index (χ1n) is 7.34. The van der Waals surface area contributed by atoms with E-state index in [2.05, 4.69) is 10.5 Å². The summed E-state index contributed by atoms with van der Waals surface area (Å²) < 4.78 is 15.9. The first kappa shape index (κ1) is 17.3. The number of benzene rings is 2. The molecule has 6 heteroatoms. The normalized spacial score (nSPS) is 10.5. The molecule has 0 radical (unpaired) electrons. The minimum absolute atomic E-state index is 0.197. The first-order chi connectivity index (χ1) is 11.7. The highest BCUT2D eigenvalue weighted by Crippen LogP contribution is 2.38. The summed E-state index contributed by atoms with van der Waals surface area (Å²) in [5, 5.41) is 3.98. The number of hydrogen-bond donors (Lipinski definition) is 1. The number of nitrogens with zero attached hydrogens (tertiary/aromatic N) is 1. The standard InChI is InChI=1S/C18H20N2O4/c1-22-15-10-9-14(17(23-2)18(15)24-3)12-19-20-16(21)11-13-7-5-4-6-8-13/h4-10,12H,11H2,1-3H3,(H,20,21)/b19-12-. The van der Waals surface area contributed by atoms with Crippen LogP contribution in [-0.4, -0.2) is 33.5 Å². The van der Waals surface area contributed by atoms with E-state index in [1.54, 1.807) is 19.2 Å². The van der Waals surface area contributed by atoms with Gasteiger partial charge in [0, 0.05) is 5.56 Å². The average Bonchev–Trinajstić information content (AvgIpc) is 2.61. The molecule has 2 aromatic rings. The zero-order chi connectivity index (χ0) is 17.4. The average molecular weight is 328 g/mol. The Morgan fingerprint density at radius 2 is 1.71 bits per heavy atom. The molecule has 0 atom stereocenters. The molecule has 0 aromatic heterocycles. The molecule has 0 heterocycles. The molecule has 24 heavy (non-hydrogen) atoms. The van der Waals surface area contributed by atoms with E-state index in [1.807, 2.05) is 30.3 Å². The maximum atomic E-state index is 11.9. The molecule has 0 aliphatic heterocycles. The van der Waals surface area contributed by atoms with Gasteiger partial charge in [0.15, 0.2) is 11.5 Å². The number of hydrogen-bond acceptors (Lipinski definition) is 5. The van der Waals surface area contributed by atoms with Gasteiger partial charge in [-0.3, -0.25) is 4.79 Å². The van der Waals surface area contributed by atoms with Crippen LogP contribution in [0.5, 0.6) is 17.2 Å². The summed E-state index contributed by atoms with van der Waals surface area (Å²) >= 11 is 0. The molecule has 0 aliphatic carbocycles. The lowest BCUT2D eigenvalue weighted by Gasteiger charge is -2.13. The van der Waals surface area contributed by atoms with Crippen molar-refractivity contribution in [2.45, 2.75) is 6.42 Å². The highest BCUT2D eigenvalue weighted by molar-refractivity contribution is 5.87. The van der Waals surface area contributed by atoms with Gasteiger partial charge < -0.3 is 14.2 Å². The number of ether oxygens (including phenoxy) is 3. The van der Waals surface area contributed by atoms with E-state index in [9.17, 15) is 4.79 Å². The summed E-state index contributed by atoms with van der Waals surface area (Å²) in [6.07, 6.45) is 1.77. The van der Waals surface area contributed by atoms with Crippen molar-refractivity contribution in [2.75, 3.05) is 21.3 Å². The number of hydrazone groups is 1. The van der Waals surface area contributed by atoms with Crippen molar-refractivity contribution in [3.8, 4) is 17.2 Å². The number of carbonyl (C=O) groups excluding carboxylic acids is 1. The lowest BCUT2D eigenvalue weighted by atomic mass is 10.1. The Morgan fingerprint density at radius 3 is 2.33 bits per heavy atom. The van der Waals surface area contributed by atoms with Crippen molar-refractivity contribution in [3.05, 3.63) is 53.6 Å². The molecule has 0 aliphatic rings. The van der Waals surface area contributed by atoms with Crippen LogP contribution in [-0.2, 0) is 11.2 Å². The second-order valence-corrected chi connectivity index (χ2v) is 4.88. The van der Waals surface area contributed by atoms with Crippen LogP contribution in [0.2, 0.25) is 0 Å². The van der Waals surface area contributed by atoms with Crippen LogP contribution in [0.4, 0.5) is 0 Å². The van der Waals surface area contributed by atoms with E-state index in [0.29, 0.717) is 22.8 Å². The van der Waals surface area contributed by atoms with Gasteiger partial charge in [-0.1, -0.05) is 30.3 Å². The number of amides is 1. The number of rotatable bonds is 7. The second kappa shape index (κ2) is 8.57. The van der Waals surface area contributed by atoms with Crippen LogP contribution in [0, 0.1) is 0 Å². The van der Waals surface area contributed by atoms with Crippen LogP contribution in [0.1, 0.15) is 11.1 Å². The van der Waals surface area contributed by atoms with Gasteiger partial charge in [0.05, 0.1) is 34.0 Å². The van der Waals surface area contributed by atoms with E-state index in [-0.39, 0.29) is 12.3 Å². The Balaban J connectivity index is 2.07. The maximum Gasteiger partial charge on any atom is 0.244 e. The highest BCUT2D eigenvalue weighted by atomic mass is 16.5. The van der Waals surface area contributed by atoms with Crippen molar-refractivity contribution in [1.82, 2.24) is 5.43 Å². The Labute approximate surface area is 141 Å². The molecule has 2 rings (SSSR count). The zero-order valence-corrected chi connectivity index (χ0v) is 13.9. The molecule has 6 nitrogen and oxygen atoms in total. The van der Waals surface area contributed by atoms with E-state index < -0.39 is 0 Å². The molecule has 0 saturated carbocycles. The number of carbonyl (C=O) groups is 1. The smallest absolute Gasteiger partial charge is 0.244 e. The Hall–Kier alpha value is -3.02. The fourth-order valence-electron chi connectivity index (χ4n) is 2.22. The largest absolute Gasteiger partial charge is 0.493 e. The summed E-state index contributed by atoms with van der Waals surface area (Å²) in [4.78, 5) is 11.9. The van der Waals surface area contributed by atoms with Crippen molar-refractivity contribution in [3.63, 3.8) is 0 Å². The molecule has 0 spiro atoms. The first-order valence-corrected chi connectivity index (χ1v) is 7.34. The van der Waals surface area contributed by atoms with Crippen molar-refractivity contribution in [2.24, 2.45) is 5.10 Å². The molecule has 2 aromatic carbocycles. The van der Waals surface area contributed by atoms with Crippen LogP contribution in [0.25, 0.3) is 0 Å². The Morgan fingerprint density at radius 1 is 1.00 bits per heavy atom. The van der Waals surface area contributed by atoms with Crippen molar-refractivity contribution in [1.29, 1.82) is 0 Å². The van der Waals surface area contributed by atoms with Gasteiger partial charge in [-0.2, -0.15) is 5.10 Å². The Kier molecular flexibility index (Phi) is 6.19. The van der Waals surface area contributed by atoms with Crippen molar-refractivity contribution >= 4 is 12.1 Å². The molecule has 0 saturated heterocycles. The lowest BCUT2D eigenvalue weighted by Crippen LogP contribution is -2.19. The predicted molar refractivity (Wildman–Crippen MR) is 92.0 cm³/mol. The number of methoxy groups -OCH3 is 3. The summed E-state index contributed by atoms with van der Waals surface area (Å²) in [7, 11) is 4.61. The van der Waals surface area contributed by atoms with Gasteiger partial charge in [0.2, 0.25) is 11.7 Å². The van der Waals surface area contributed by atoms with Gasteiger partial charge in [0.25, 0.3) is 0 Å². The van der Waals surface area contributed by atoms with Crippen LogP contribution < -0.4 is 19.6 Å². The second-order valence-electron chi connectivity index (χ2n) is 4.88. The van der Waals surface area contributed by atoms with Gasteiger partial charge in [-0.25, -0.2) is 5.43 Å². The SMILES string of the molecule is COc1ccc(/C=N\NC(=O)Cc2ccccc2)c(OC)c1OC. The molecular weight excluding hydrogens is 308 g/mol. The van der Waals surface area contributed by atoms with Crippen LogP contribution >= 0.6 is 0 Å². The summed E-state index contributed by atoms with van der Waals surface area (Å²) in [6.45, 7) is 0. The molecule has 1 N–H and O–H groups in total. The van der Waals surface area contributed by atoms with Crippen LogP contribution in [0.3, 0.4) is 0 Å². The van der Waals surface area contributed by atoms with Gasteiger partial charge >= 0.3 is 0 Å². The van der Waals surface area contributed by atoms with E-state index in [1.165, 1.54) is 20.4 Å². The van der Waals surface area contributed by atoms with Crippen LogP contribution in [0.15, 0.2) is 47.6 Å². The maximum absolute atomic E-state index is 11.9.